The van der Waals surface area contributed by atoms with Gasteiger partial charge in [0, 0.05) is 17.8 Å². The molecule has 1 atom stereocenters. The molecule has 2 N–H and O–H groups in total. The van der Waals surface area contributed by atoms with Crippen molar-refractivity contribution >= 4 is 27.2 Å². The van der Waals surface area contributed by atoms with Crippen LogP contribution in [0.25, 0.3) is 15.9 Å². The van der Waals surface area contributed by atoms with Gasteiger partial charge in [-0.1, -0.05) is 0 Å². The van der Waals surface area contributed by atoms with E-state index in [4.69, 9.17) is 9.72 Å². The van der Waals surface area contributed by atoms with E-state index in [1.54, 1.807) is 29.1 Å². The molecule has 0 unspecified atom stereocenters. The van der Waals surface area contributed by atoms with Gasteiger partial charge in [-0.2, -0.15) is 0 Å². The maximum Gasteiger partial charge on any atom is 0.168 e. The summed E-state index contributed by atoms with van der Waals surface area (Å²) in [5.74, 6) is 0.705. The van der Waals surface area contributed by atoms with E-state index in [0.29, 0.717) is 25.5 Å². The molecule has 7 nitrogen and oxygen atoms in total. The minimum absolute atomic E-state index is 0.171. The van der Waals surface area contributed by atoms with Crippen LogP contribution >= 0.6 is 11.3 Å². The molecule has 128 valence electrons. The van der Waals surface area contributed by atoms with E-state index in [2.05, 4.69) is 29.2 Å². The second-order valence-corrected chi connectivity index (χ2v) is 8.01. The van der Waals surface area contributed by atoms with Crippen LogP contribution in [0.2, 0.25) is 0 Å². The maximum atomic E-state index is 9.34. The number of nitrogens with zero attached hydrogens (tertiary/aromatic N) is 4. The van der Waals surface area contributed by atoms with E-state index in [1.807, 2.05) is 0 Å². The van der Waals surface area contributed by atoms with Gasteiger partial charge in [-0.05, 0) is 26.3 Å². The lowest BCUT2D eigenvalue weighted by molar-refractivity contribution is -0.0379. The molecule has 0 spiro atoms. The standard InChI is InChI=1S/C16H21N5O2S/c1-9(22)5-17-6-12-19-14-13-10-4-16(2,3)23-7-11(10)24-15(13)18-8-21(14)20-12/h8-9,17,22H,4-7H2,1-3H3/t9-/m1/s1. The Labute approximate surface area is 143 Å². The molecule has 0 aliphatic carbocycles. The van der Waals surface area contributed by atoms with Gasteiger partial charge >= 0.3 is 0 Å². The lowest BCUT2D eigenvalue weighted by Gasteiger charge is -2.30. The summed E-state index contributed by atoms with van der Waals surface area (Å²) in [7, 11) is 0. The molecule has 4 heterocycles. The molecule has 0 saturated carbocycles. The molecular weight excluding hydrogens is 326 g/mol. The zero-order chi connectivity index (χ0) is 16.9. The third-order valence-electron chi connectivity index (χ3n) is 4.17. The largest absolute Gasteiger partial charge is 0.392 e. The lowest BCUT2D eigenvalue weighted by Crippen LogP contribution is -2.31. The highest BCUT2D eigenvalue weighted by Gasteiger charge is 2.30. The maximum absolute atomic E-state index is 9.34. The highest BCUT2D eigenvalue weighted by molar-refractivity contribution is 7.19. The third kappa shape index (κ3) is 2.79. The van der Waals surface area contributed by atoms with Crippen molar-refractivity contribution in [3.05, 3.63) is 22.6 Å². The smallest absolute Gasteiger partial charge is 0.168 e. The second-order valence-electron chi connectivity index (χ2n) is 6.93. The van der Waals surface area contributed by atoms with E-state index in [9.17, 15) is 5.11 Å². The first-order chi connectivity index (χ1) is 11.4. The van der Waals surface area contributed by atoms with Crippen LogP contribution in [-0.4, -0.2) is 42.9 Å². The first kappa shape index (κ1) is 15.9. The highest BCUT2D eigenvalue weighted by atomic mass is 32.1. The van der Waals surface area contributed by atoms with E-state index in [0.717, 1.165) is 22.3 Å². The minimum atomic E-state index is -0.387. The molecule has 0 radical (unpaired) electrons. The van der Waals surface area contributed by atoms with E-state index in [1.165, 1.54) is 10.4 Å². The van der Waals surface area contributed by atoms with Crippen molar-refractivity contribution in [3.8, 4) is 0 Å². The van der Waals surface area contributed by atoms with Crippen molar-refractivity contribution in [1.82, 2.24) is 24.9 Å². The monoisotopic (exact) mass is 347 g/mol. The summed E-state index contributed by atoms with van der Waals surface area (Å²) in [6, 6.07) is 0. The summed E-state index contributed by atoms with van der Waals surface area (Å²) in [5.41, 5.74) is 1.97. The number of rotatable bonds is 4. The SMILES string of the molecule is C[C@@H](O)CNCc1nc2c3c4c(sc3ncn2n1)COC(C)(C)C4. The van der Waals surface area contributed by atoms with Crippen molar-refractivity contribution in [2.24, 2.45) is 0 Å². The average Bonchev–Trinajstić information content (AvgIpc) is 3.05. The van der Waals surface area contributed by atoms with Crippen LogP contribution in [0, 0.1) is 0 Å². The van der Waals surface area contributed by atoms with Gasteiger partial charge in [0.05, 0.1) is 30.2 Å². The summed E-state index contributed by atoms with van der Waals surface area (Å²) < 4.78 is 7.67. The molecule has 0 aromatic carbocycles. The molecule has 0 fully saturated rings. The van der Waals surface area contributed by atoms with Crippen LogP contribution in [-0.2, 0) is 24.3 Å². The van der Waals surface area contributed by atoms with Gasteiger partial charge in [-0.3, -0.25) is 0 Å². The first-order valence-corrected chi connectivity index (χ1v) is 8.92. The van der Waals surface area contributed by atoms with Crippen molar-refractivity contribution in [3.63, 3.8) is 0 Å². The number of thiophene rings is 1. The Balaban J connectivity index is 1.76. The number of hydrogen-bond acceptors (Lipinski definition) is 7. The zero-order valence-electron chi connectivity index (χ0n) is 14.0. The fraction of sp³-hybridized carbons (Fsp3) is 0.562. The molecule has 0 bridgehead atoms. The molecule has 1 aliphatic heterocycles. The summed E-state index contributed by atoms with van der Waals surface area (Å²) in [5, 5.41) is 18.1. The Morgan fingerprint density at radius 1 is 1.50 bits per heavy atom. The molecular formula is C16H21N5O2S. The number of hydrogen-bond donors (Lipinski definition) is 2. The normalized spacial score (nSPS) is 18.2. The van der Waals surface area contributed by atoms with E-state index in [-0.39, 0.29) is 11.7 Å². The van der Waals surface area contributed by atoms with Crippen molar-refractivity contribution in [2.75, 3.05) is 6.54 Å². The quantitative estimate of drug-likeness (QED) is 0.747. The lowest BCUT2D eigenvalue weighted by atomic mass is 9.94. The Morgan fingerprint density at radius 3 is 3.12 bits per heavy atom. The van der Waals surface area contributed by atoms with Gasteiger partial charge in [0.1, 0.15) is 11.2 Å². The predicted octanol–water partition coefficient (Wildman–Crippen LogP) is 1.66. The number of aliphatic hydroxyl groups is 1. The van der Waals surface area contributed by atoms with Gasteiger partial charge < -0.3 is 15.2 Å². The average molecular weight is 347 g/mol. The van der Waals surface area contributed by atoms with Gasteiger partial charge in [0.15, 0.2) is 11.5 Å². The van der Waals surface area contributed by atoms with Crippen LogP contribution in [0.5, 0.6) is 0 Å². The number of aliphatic hydroxyl groups excluding tert-OH is 1. The molecule has 8 heteroatoms. The van der Waals surface area contributed by atoms with Crippen LogP contribution in [0.1, 0.15) is 37.0 Å². The van der Waals surface area contributed by atoms with Gasteiger partial charge in [-0.25, -0.2) is 14.5 Å². The van der Waals surface area contributed by atoms with Crippen molar-refractivity contribution < 1.29 is 9.84 Å². The molecule has 3 aromatic heterocycles. The molecule has 3 aromatic rings. The minimum Gasteiger partial charge on any atom is -0.392 e. The Bertz CT molecular complexity index is 899. The summed E-state index contributed by atoms with van der Waals surface area (Å²) in [4.78, 5) is 11.5. The van der Waals surface area contributed by atoms with Crippen LogP contribution in [0.3, 0.4) is 0 Å². The molecule has 0 saturated heterocycles. The van der Waals surface area contributed by atoms with E-state index < -0.39 is 0 Å². The van der Waals surface area contributed by atoms with Gasteiger partial charge in [0.2, 0.25) is 0 Å². The van der Waals surface area contributed by atoms with Gasteiger partial charge in [0.25, 0.3) is 0 Å². The molecule has 4 rings (SSSR count). The van der Waals surface area contributed by atoms with Crippen molar-refractivity contribution in [2.45, 2.75) is 52.0 Å². The van der Waals surface area contributed by atoms with Crippen LogP contribution < -0.4 is 5.32 Å². The fourth-order valence-corrected chi connectivity index (χ4v) is 4.12. The zero-order valence-corrected chi connectivity index (χ0v) is 14.9. The summed E-state index contributed by atoms with van der Waals surface area (Å²) in [6.45, 7) is 7.65. The molecule has 1 aliphatic rings. The van der Waals surface area contributed by atoms with Crippen LogP contribution in [0.15, 0.2) is 6.33 Å². The van der Waals surface area contributed by atoms with E-state index >= 15 is 0 Å². The number of aromatic nitrogens is 4. The topological polar surface area (TPSA) is 84.6 Å². The summed E-state index contributed by atoms with van der Waals surface area (Å²) >= 11 is 1.68. The number of fused-ring (bicyclic) bond motifs is 5. The van der Waals surface area contributed by atoms with Crippen LogP contribution in [0.4, 0.5) is 0 Å². The fourth-order valence-electron chi connectivity index (χ4n) is 3.05. The van der Waals surface area contributed by atoms with Crippen molar-refractivity contribution in [1.29, 1.82) is 0 Å². The Kier molecular flexibility index (Phi) is 3.80. The van der Waals surface area contributed by atoms with Gasteiger partial charge in [-0.15, -0.1) is 16.4 Å². The molecule has 0 amide bonds. The predicted molar refractivity (Wildman–Crippen MR) is 92.1 cm³/mol. The number of nitrogens with one attached hydrogen (secondary N) is 1. The first-order valence-electron chi connectivity index (χ1n) is 8.10. The Hall–Kier alpha value is -1.61. The second kappa shape index (κ2) is 5.73. The molecule has 24 heavy (non-hydrogen) atoms. The third-order valence-corrected chi connectivity index (χ3v) is 5.29. The Morgan fingerprint density at radius 2 is 2.33 bits per heavy atom. The summed E-state index contributed by atoms with van der Waals surface area (Å²) in [6.07, 6.45) is 2.18. The number of ether oxygens (including phenoxy) is 1. The highest BCUT2D eigenvalue weighted by Crippen LogP contribution is 2.39.